The molecule has 2 unspecified atom stereocenters. The number of hydrogen-bond acceptors (Lipinski definition) is 4. The second-order valence-corrected chi connectivity index (χ2v) is 8.36. The first-order valence-corrected chi connectivity index (χ1v) is 10.2. The number of ether oxygens (including phenoxy) is 1. The summed E-state index contributed by atoms with van der Waals surface area (Å²) in [4.78, 5) is 28.6. The van der Waals surface area contributed by atoms with Crippen molar-refractivity contribution in [3.05, 3.63) is 41.5 Å². The van der Waals surface area contributed by atoms with Crippen molar-refractivity contribution < 1.29 is 14.3 Å². The third kappa shape index (κ3) is 3.64. The van der Waals surface area contributed by atoms with Gasteiger partial charge in [-0.2, -0.15) is 0 Å². The van der Waals surface area contributed by atoms with Crippen LogP contribution in [0, 0.1) is 18.8 Å². The van der Waals surface area contributed by atoms with E-state index in [2.05, 4.69) is 12.2 Å². The lowest BCUT2D eigenvalue weighted by Crippen LogP contribution is -2.41. The predicted molar refractivity (Wildman–Crippen MR) is 107 cm³/mol. The zero-order valence-corrected chi connectivity index (χ0v) is 16.5. The molecule has 6 heteroatoms. The molecule has 0 radical (unpaired) electrons. The van der Waals surface area contributed by atoms with Gasteiger partial charge >= 0.3 is 0 Å². The van der Waals surface area contributed by atoms with Crippen molar-refractivity contribution in [1.29, 1.82) is 0 Å². The number of carbonyl (C=O) groups is 2. The van der Waals surface area contributed by atoms with E-state index in [4.69, 9.17) is 4.74 Å². The number of benzene rings is 1. The van der Waals surface area contributed by atoms with Gasteiger partial charge in [-0.1, -0.05) is 37.3 Å². The fourth-order valence-corrected chi connectivity index (χ4v) is 4.75. The molecule has 1 N–H and O–H groups in total. The molecule has 1 saturated carbocycles. The summed E-state index contributed by atoms with van der Waals surface area (Å²) < 4.78 is 5.38. The van der Waals surface area contributed by atoms with Crippen LogP contribution in [0.25, 0.3) is 10.4 Å². The number of hydrogen-bond donors (Lipinski definition) is 1. The number of carbonyl (C=O) groups excluding carboxylic acids is 2. The molecule has 2 aliphatic rings. The Balaban J connectivity index is 1.71. The number of nitrogens with zero attached hydrogens (tertiary/aromatic N) is 1. The summed E-state index contributed by atoms with van der Waals surface area (Å²) in [5.74, 6) is 0.504. The summed E-state index contributed by atoms with van der Waals surface area (Å²) in [6, 6.07) is 10.0. The van der Waals surface area contributed by atoms with Crippen LogP contribution in [0.4, 0.5) is 5.00 Å². The van der Waals surface area contributed by atoms with Crippen molar-refractivity contribution in [2.24, 2.45) is 11.8 Å². The summed E-state index contributed by atoms with van der Waals surface area (Å²) in [7, 11) is 0. The highest BCUT2D eigenvalue weighted by atomic mass is 32.1. The molecule has 1 aromatic heterocycles. The molecule has 2 fully saturated rings. The summed E-state index contributed by atoms with van der Waals surface area (Å²) in [6.45, 7) is 6.34. The lowest BCUT2D eigenvalue weighted by Gasteiger charge is -2.27. The molecular formula is C21H24N2O3S. The third-order valence-corrected chi connectivity index (χ3v) is 6.63. The van der Waals surface area contributed by atoms with Gasteiger partial charge in [0.2, 0.25) is 5.91 Å². The van der Waals surface area contributed by atoms with Crippen LogP contribution >= 0.6 is 11.3 Å². The van der Waals surface area contributed by atoms with Crippen LogP contribution in [0.2, 0.25) is 0 Å². The van der Waals surface area contributed by atoms with Gasteiger partial charge in [0.15, 0.2) is 0 Å². The Morgan fingerprint density at radius 1 is 1.19 bits per heavy atom. The maximum Gasteiger partial charge on any atom is 0.257 e. The van der Waals surface area contributed by atoms with Crippen LogP contribution in [-0.2, 0) is 9.53 Å². The molecular weight excluding hydrogens is 360 g/mol. The lowest BCUT2D eigenvalue weighted by molar-refractivity contribution is -0.117. The molecule has 27 heavy (non-hydrogen) atoms. The van der Waals surface area contributed by atoms with Gasteiger partial charge in [-0.25, -0.2) is 0 Å². The van der Waals surface area contributed by atoms with E-state index in [1.807, 2.05) is 42.2 Å². The number of thiophene rings is 1. The molecule has 0 spiro atoms. The molecule has 2 atom stereocenters. The number of rotatable bonds is 4. The predicted octanol–water partition coefficient (Wildman–Crippen LogP) is 3.79. The average Bonchev–Trinajstić information content (AvgIpc) is 3.35. The second-order valence-electron chi connectivity index (χ2n) is 7.34. The zero-order valence-electron chi connectivity index (χ0n) is 15.7. The maximum atomic E-state index is 13.2. The van der Waals surface area contributed by atoms with E-state index < -0.39 is 0 Å². The van der Waals surface area contributed by atoms with Crippen molar-refractivity contribution in [2.45, 2.75) is 20.3 Å². The molecule has 2 amide bonds. The van der Waals surface area contributed by atoms with Gasteiger partial charge < -0.3 is 15.0 Å². The minimum atomic E-state index is -0.0200. The SMILES string of the molecule is Cc1c(-c2ccccc2)sc(NC(=O)C2CC2C)c1C(=O)N1CCOCC1. The number of anilines is 1. The summed E-state index contributed by atoms with van der Waals surface area (Å²) >= 11 is 1.50. The van der Waals surface area contributed by atoms with Gasteiger partial charge in [-0.3, -0.25) is 9.59 Å². The number of nitrogens with one attached hydrogen (secondary N) is 1. The normalized spacial score (nSPS) is 21.8. The van der Waals surface area contributed by atoms with Crippen LogP contribution in [0.1, 0.15) is 29.3 Å². The smallest absolute Gasteiger partial charge is 0.257 e. The van der Waals surface area contributed by atoms with Crippen molar-refractivity contribution in [3.8, 4) is 10.4 Å². The molecule has 1 aliphatic carbocycles. The van der Waals surface area contributed by atoms with Gasteiger partial charge in [0.25, 0.3) is 5.91 Å². The Hall–Kier alpha value is -2.18. The fraction of sp³-hybridized carbons (Fsp3) is 0.429. The van der Waals surface area contributed by atoms with Crippen molar-refractivity contribution in [1.82, 2.24) is 4.90 Å². The van der Waals surface area contributed by atoms with E-state index in [0.717, 1.165) is 22.4 Å². The Bertz CT molecular complexity index is 856. The van der Waals surface area contributed by atoms with Gasteiger partial charge in [0.1, 0.15) is 5.00 Å². The first-order valence-electron chi connectivity index (χ1n) is 9.43. The van der Waals surface area contributed by atoms with Gasteiger partial charge in [0, 0.05) is 23.9 Å². The topological polar surface area (TPSA) is 58.6 Å². The van der Waals surface area contributed by atoms with E-state index in [9.17, 15) is 9.59 Å². The summed E-state index contributed by atoms with van der Waals surface area (Å²) in [6.07, 6.45) is 0.925. The van der Waals surface area contributed by atoms with Gasteiger partial charge in [0.05, 0.1) is 18.8 Å². The third-order valence-electron chi connectivity index (χ3n) is 5.38. The Labute approximate surface area is 163 Å². The highest BCUT2D eigenvalue weighted by molar-refractivity contribution is 7.20. The fourth-order valence-electron chi connectivity index (χ4n) is 3.54. The highest BCUT2D eigenvalue weighted by Gasteiger charge is 2.40. The molecule has 1 saturated heterocycles. The van der Waals surface area contributed by atoms with Crippen LogP contribution in [-0.4, -0.2) is 43.0 Å². The molecule has 4 rings (SSSR count). The zero-order chi connectivity index (χ0) is 19.0. The van der Waals surface area contributed by atoms with Crippen LogP contribution < -0.4 is 5.32 Å². The van der Waals surface area contributed by atoms with E-state index in [1.54, 1.807) is 0 Å². The molecule has 2 aromatic rings. The molecule has 142 valence electrons. The Morgan fingerprint density at radius 2 is 1.85 bits per heavy atom. The molecule has 5 nitrogen and oxygen atoms in total. The van der Waals surface area contributed by atoms with Crippen molar-refractivity contribution >= 4 is 28.2 Å². The Morgan fingerprint density at radius 3 is 2.48 bits per heavy atom. The quantitative estimate of drug-likeness (QED) is 0.872. The minimum absolute atomic E-state index is 0.0200. The van der Waals surface area contributed by atoms with E-state index in [1.165, 1.54) is 11.3 Å². The van der Waals surface area contributed by atoms with Crippen LogP contribution in [0.5, 0.6) is 0 Å². The molecule has 2 heterocycles. The minimum Gasteiger partial charge on any atom is -0.378 e. The highest BCUT2D eigenvalue weighted by Crippen LogP contribution is 2.43. The van der Waals surface area contributed by atoms with Crippen LogP contribution in [0.3, 0.4) is 0 Å². The molecule has 1 aliphatic heterocycles. The number of amides is 2. The van der Waals surface area contributed by atoms with Gasteiger partial charge in [-0.05, 0) is 30.4 Å². The van der Waals surface area contributed by atoms with Gasteiger partial charge in [-0.15, -0.1) is 11.3 Å². The average molecular weight is 385 g/mol. The lowest BCUT2D eigenvalue weighted by atomic mass is 10.1. The first-order chi connectivity index (χ1) is 13.1. The molecule has 0 bridgehead atoms. The van der Waals surface area contributed by atoms with E-state index >= 15 is 0 Å². The second kappa shape index (κ2) is 7.44. The van der Waals surface area contributed by atoms with Crippen molar-refractivity contribution in [2.75, 3.05) is 31.6 Å². The number of morpholine rings is 1. The Kier molecular flexibility index (Phi) is 5.02. The van der Waals surface area contributed by atoms with Crippen molar-refractivity contribution in [3.63, 3.8) is 0 Å². The first kappa shape index (κ1) is 18.2. The van der Waals surface area contributed by atoms with E-state index in [0.29, 0.717) is 42.8 Å². The van der Waals surface area contributed by atoms with E-state index in [-0.39, 0.29) is 17.7 Å². The maximum absolute atomic E-state index is 13.2. The van der Waals surface area contributed by atoms with Crippen LogP contribution in [0.15, 0.2) is 30.3 Å². The standard InChI is InChI=1S/C21H24N2O3S/c1-13-12-16(13)19(24)22-20-17(21(25)23-8-10-26-11-9-23)14(2)18(27-20)15-6-4-3-5-7-15/h3-7,13,16H,8-12H2,1-2H3,(H,22,24). The monoisotopic (exact) mass is 384 g/mol. The molecule has 1 aromatic carbocycles. The summed E-state index contributed by atoms with van der Waals surface area (Å²) in [5, 5.41) is 3.73. The summed E-state index contributed by atoms with van der Waals surface area (Å²) in [5.41, 5.74) is 2.63. The largest absolute Gasteiger partial charge is 0.378 e.